The highest BCUT2D eigenvalue weighted by atomic mass is 32.1. The monoisotopic (exact) mass is 303 g/mol. The van der Waals surface area contributed by atoms with E-state index in [0.717, 1.165) is 12.0 Å². The minimum atomic E-state index is -0.936. The summed E-state index contributed by atoms with van der Waals surface area (Å²) in [5.74, 6) is -0.939. The van der Waals surface area contributed by atoms with Gasteiger partial charge < -0.3 is 10.4 Å². The van der Waals surface area contributed by atoms with Gasteiger partial charge >= 0.3 is 5.97 Å². The lowest BCUT2D eigenvalue weighted by molar-refractivity contribution is -0.121. The van der Waals surface area contributed by atoms with Crippen molar-refractivity contribution in [3.05, 3.63) is 57.8 Å². The molecule has 2 N–H and O–H groups in total. The molecule has 0 saturated carbocycles. The number of carbonyl (C=O) groups is 2. The Hall–Kier alpha value is -2.14. The third-order valence-corrected chi connectivity index (χ3v) is 4.08. The summed E-state index contributed by atoms with van der Waals surface area (Å²) in [4.78, 5) is 24.0. The molecular weight excluding hydrogens is 286 g/mol. The number of rotatable bonds is 7. The summed E-state index contributed by atoms with van der Waals surface area (Å²) in [6.07, 6.45) is 1.73. The molecule has 0 bridgehead atoms. The van der Waals surface area contributed by atoms with Gasteiger partial charge in [-0.1, -0.05) is 24.3 Å². The second-order valence-corrected chi connectivity index (χ2v) is 5.67. The van der Waals surface area contributed by atoms with E-state index in [9.17, 15) is 9.59 Å². The van der Waals surface area contributed by atoms with E-state index in [4.69, 9.17) is 5.11 Å². The lowest BCUT2D eigenvalue weighted by Crippen LogP contribution is -2.26. The number of aryl methyl sites for hydroxylation is 1. The van der Waals surface area contributed by atoms with Crippen LogP contribution in [0.3, 0.4) is 0 Å². The Morgan fingerprint density at radius 1 is 1.10 bits per heavy atom. The van der Waals surface area contributed by atoms with Gasteiger partial charge in [0.1, 0.15) is 0 Å². The first-order valence-electron chi connectivity index (χ1n) is 6.77. The highest BCUT2D eigenvalue weighted by molar-refractivity contribution is 7.09. The number of nitrogens with one attached hydrogen (secondary N) is 1. The average Bonchev–Trinajstić information content (AvgIpc) is 2.99. The van der Waals surface area contributed by atoms with E-state index in [-0.39, 0.29) is 5.91 Å². The lowest BCUT2D eigenvalue weighted by Gasteiger charge is -2.07. The number of amides is 1. The van der Waals surface area contributed by atoms with Gasteiger partial charge in [0.25, 0.3) is 0 Å². The third kappa shape index (κ3) is 4.72. The predicted octanol–water partition coefficient (Wildman–Crippen LogP) is 2.74. The molecule has 1 heterocycles. The van der Waals surface area contributed by atoms with Crippen LogP contribution in [0.15, 0.2) is 41.8 Å². The minimum Gasteiger partial charge on any atom is -0.478 e. The Morgan fingerprint density at radius 2 is 1.90 bits per heavy atom. The van der Waals surface area contributed by atoms with Gasteiger partial charge in [-0.15, -0.1) is 11.3 Å². The van der Waals surface area contributed by atoms with Crippen molar-refractivity contribution < 1.29 is 14.7 Å². The van der Waals surface area contributed by atoms with Crippen LogP contribution in [-0.4, -0.2) is 23.5 Å². The summed E-state index contributed by atoms with van der Waals surface area (Å²) in [6.45, 7) is 0.452. The molecule has 2 aromatic rings. The molecule has 1 aromatic carbocycles. The normalized spacial score (nSPS) is 10.3. The number of carboxylic acids is 1. The number of carbonyl (C=O) groups excluding carboxylic acids is 1. The van der Waals surface area contributed by atoms with Gasteiger partial charge in [0, 0.05) is 17.8 Å². The van der Waals surface area contributed by atoms with E-state index in [1.54, 1.807) is 35.6 Å². The zero-order chi connectivity index (χ0) is 15.1. The zero-order valence-corrected chi connectivity index (χ0v) is 12.4. The average molecular weight is 303 g/mol. The van der Waals surface area contributed by atoms with Crippen molar-refractivity contribution in [1.82, 2.24) is 5.32 Å². The lowest BCUT2D eigenvalue weighted by atomic mass is 10.0. The second-order valence-electron chi connectivity index (χ2n) is 4.64. The Morgan fingerprint density at radius 3 is 2.62 bits per heavy atom. The first-order chi connectivity index (χ1) is 10.2. The maximum Gasteiger partial charge on any atom is 0.335 e. The van der Waals surface area contributed by atoms with Crippen LogP contribution in [0.2, 0.25) is 0 Å². The Bertz CT molecular complexity index is 608. The molecule has 0 aliphatic carbocycles. The van der Waals surface area contributed by atoms with Gasteiger partial charge in [0.2, 0.25) is 5.91 Å². The molecule has 0 saturated heterocycles. The number of hydrogen-bond acceptors (Lipinski definition) is 3. The van der Waals surface area contributed by atoms with Gasteiger partial charge in [-0.2, -0.15) is 0 Å². The molecule has 0 fully saturated rings. The van der Waals surface area contributed by atoms with Gasteiger partial charge in [0.15, 0.2) is 0 Å². The summed E-state index contributed by atoms with van der Waals surface area (Å²) < 4.78 is 0. The zero-order valence-electron chi connectivity index (χ0n) is 11.5. The van der Waals surface area contributed by atoms with E-state index < -0.39 is 5.97 Å². The van der Waals surface area contributed by atoms with E-state index in [1.165, 1.54) is 4.88 Å². The van der Waals surface area contributed by atoms with Crippen LogP contribution in [-0.2, 0) is 17.6 Å². The number of thiophene rings is 1. The first-order valence-corrected chi connectivity index (χ1v) is 7.65. The molecule has 1 amide bonds. The van der Waals surface area contributed by atoms with Crippen molar-refractivity contribution in [1.29, 1.82) is 0 Å². The maximum absolute atomic E-state index is 11.7. The highest BCUT2D eigenvalue weighted by Gasteiger charge is 2.09. The van der Waals surface area contributed by atoms with Crippen molar-refractivity contribution in [2.75, 3.05) is 6.54 Å². The summed E-state index contributed by atoms with van der Waals surface area (Å²) in [7, 11) is 0. The Kier molecular flexibility index (Phi) is 5.51. The van der Waals surface area contributed by atoms with Crippen LogP contribution in [0, 0.1) is 0 Å². The van der Waals surface area contributed by atoms with E-state index >= 15 is 0 Å². The number of benzene rings is 1. The fourth-order valence-electron chi connectivity index (χ4n) is 2.06. The van der Waals surface area contributed by atoms with Gasteiger partial charge in [0.05, 0.1) is 5.56 Å². The topological polar surface area (TPSA) is 66.4 Å². The first kappa shape index (κ1) is 15.3. The molecule has 0 spiro atoms. The van der Waals surface area contributed by atoms with Crippen molar-refractivity contribution >= 4 is 23.2 Å². The summed E-state index contributed by atoms with van der Waals surface area (Å²) in [6, 6.07) is 10.9. The van der Waals surface area contributed by atoms with E-state index in [0.29, 0.717) is 24.9 Å². The van der Waals surface area contributed by atoms with Crippen LogP contribution >= 0.6 is 11.3 Å². The molecule has 0 aliphatic heterocycles. The quantitative estimate of drug-likeness (QED) is 0.826. The smallest absolute Gasteiger partial charge is 0.335 e. The summed E-state index contributed by atoms with van der Waals surface area (Å²) >= 11 is 1.65. The van der Waals surface area contributed by atoms with Crippen LogP contribution in [0.4, 0.5) is 0 Å². The van der Waals surface area contributed by atoms with Gasteiger partial charge in [-0.25, -0.2) is 4.79 Å². The maximum atomic E-state index is 11.7. The standard InChI is InChI=1S/C16H17NO3S/c18-15(8-7-13-5-3-11-21-13)17-10-9-12-4-1-2-6-14(12)16(19)20/h1-6,11H,7-10H2,(H,17,18)(H,19,20). The molecule has 0 radical (unpaired) electrons. The molecule has 1 aromatic heterocycles. The molecule has 0 aliphatic rings. The molecule has 4 nitrogen and oxygen atoms in total. The molecule has 110 valence electrons. The number of carboxylic acid groups (broad SMARTS) is 1. The van der Waals surface area contributed by atoms with Crippen LogP contribution < -0.4 is 5.32 Å². The summed E-state index contributed by atoms with van der Waals surface area (Å²) in [5, 5.41) is 13.9. The Labute approximate surface area is 127 Å². The van der Waals surface area contributed by atoms with Crippen molar-refractivity contribution in [2.24, 2.45) is 0 Å². The molecule has 0 unspecified atom stereocenters. The van der Waals surface area contributed by atoms with Crippen LogP contribution in [0.25, 0.3) is 0 Å². The third-order valence-electron chi connectivity index (χ3n) is 3.14. The van der Waals surface area contributed by atoms with Gasteiger partial charge in [-0.05, 0) is 35.9 Å². The summed E-state index contributed by atoms with van der Waals surface area (Å²) in [5.41, 5.74) is 1.04. The van der Waals surface area contributed by atoms with Crippen LogP contribution in [0.1, 0.15) is 27.2 Å². The van der Waals surface area contributed by atoms with Crippen LogP contribution in [0.5, 0.6) is 0 Å². The largest absolute Gasteiger partial charge is 0.478 e. The number of aromatic carboxylic acids is 1. The SMILES string of the molecule is O=C(CCc1cccs1)NCCc1ccccc1C(=O)O. The van der Waals surface area contributed by atoms with Crippen molar-refractivity contribution in [2.45, 2.75) is 19.3 Å². The van der Waals surface area contributed by atoms with Crippen molar-refractivity contribution in [3.63, 3.8) is 0 Å². The van der Waals surface area contributed by atoms with Crippen molar-refractivity contribution in [3.8, 4) is 0 Å². The molecule has 0 atom stereocenters. The van der Waals surface area contributed by atoms with E-state index in [1.807, 2.05) is 17.5 Å². The second kappa shape index (κ2) is 7.59. The highest BCUT2D eigenvalue weighted by Crippen LogP contribution is 2.11. The number of hydrogen-bond donors (Lipinski definition) is 2. The predicted molar refractivity (Wildman–Crippen MR) is 82.8 cm³/mol. The molecule has 2 rings (SSSR count). The van der Waals surface area contributed by atoms with Gasteiger partial charge in [-0.3, -0.25) is 4.79 Å². The minimum absolute atomic E-state index is 0.00351. The molecular formula is C16H17NO3S. The van der Waals surface area contributed by atoms with E-state index in [2.05, 4.69) is 5.32 Å². The fourth-order valence-corrected chi connectivity index (χ4v) is 2.77. The molecule has 5 heteroatoms. The fraction of sp³-hybridized carbons (Fsp3) is 0.250. The molecule has 21 heavy (non-hydrogen) atoms. The Balaban J connectivity index is 1.76.